The van der Waals surface area contributed by atoms with Gasteiger partial charge in [0.1, 0.15) is 18.2 Å². The molecule has 0 bridgehead atoms. The summed E-state index contributed by atoms with van der Waals surface area (Å²) in [5, 5.41) is 0. The van der Waals surface area contributed by atoms with Crippen molar-refractivity contribution in [3.05, 3.63) is 18.6 Å². The Balaban J connectivity index is 2.22. The third-order valence-corrected chi connectivity index (χ3v) is 2.69. The van der Waals surface area contributed by atoms with Crippen molar-refractivity contribution in [3.63, 3.8) is 0 Å². The van der Waals surface area contributed by atoms with E-state index in [9.17, 15) is 4.79 Å². The second-order valence-corrected chi connectivity index (χ2v) is 3.67. The lowest BCUT2D eigenvalue weighted by Gasteiger charge is -2.34. The zero-order valence-electron chi connectivity index (χ0n) is 8.47. The Morgan fingerprint density at radius 3 is 3.07 bits per heavy atom. The summed E-state index contributed by atoms with van der Waals surface area (Å²) in [6.07, 6.45) is 6.11. The average Bonchev–Trinajstić information content (AvgIpc) is 2.30. The lowest BCUT2D eigenvalue weighted by Crippen LogP contribution is -2.48. The van der Waals surface area contributed by atoms with Gasteiger partial charge in [0, 0.05) is 12.7 Å². The average molecular weight is 206 g/mol. The van der Waals surface area contributed by atoms with Crippen LogP contribution in [0.2, 0.25) is 0 Å². The number of primary amides is 1. The van der Waals surface area contributed by atoms with Gasteiger partial charge in [0.05, 0.1) is 0 Å². The Morgan fingerprint density at radius 1 is 1.53 bits per heavy atom. The van der Waals surface area contributed by atoms with Crippen molar-refractivity contribution in [3.8, 4) is 0 Å². The first-order valence-corrected chi connectivity index (χ1v) is 5.11. The van der Waals surface area contributed by atoms with E-state index in [0.717, 1.165) is 31.6 Å². The number of hydrogen-bond donors (Lipinski definition) is 1. The monoisotopic (exact) mass is 206 g/mol. The topological polar surface area (TPSA) is 72.1 Å². The van der Waals surface area contributed by atoms with Crippen LogP contribution in [0.5, 0.6) is 0 Å². The molecule has 0 spiro atoms. The molecule has 1 aliphatic heterocycles. The number of aromatic nitrogens is 2. The Kier molecular flexibility index (Phi) is 2.80. The smallest absolute Gasteiger partial charge is 0.240 e. The van der Waals surface area contributed by atoms with Crippen LogP contribution in [0.4, 0.5) is 5.82 Å². The summed E-state index contributed by atoms with van der Waals surface area (Å²) in [7, 11) is 0. The quantitative estimate of drug-likeness (QED) is 0.756. The lowest BCUT2D eigenvalue weighted by molar-refractivity contribution is -0.119. The molecule has 15 heavy (non-hydrogen) atoms. The Hall–Kier alpha value is -1.65. The number of hydrogen-bond acceptors (Lipinski definition) is 4. The second kappa shape index (κ2) is 4.25. The van der Waals surface area contributed by atoms with Crippen LogP contribution in [-0.2, 0) is 4.79 Å². The predicted octanol–water partition coefficient (Wildman–Crippen LogP) is 0.321. The van der Waals surface area contributed by atoms with Crippen molar-refractivity contribution >= 4 is 11.7 Å². The first-order valence-electron chi connectivity index (χ1n) is 5.11. The number of carbonyl (C=O) groups excluding carboxylic acids is 1. The maximum Gasteiger partial charge on any atom is 0.240 e. The van der Waals surface area contributed by atoms with Crippen LogP contribution in [-0.4, -0.2) is 28.5 Å². The van der Waals surface area contributed by atoms with E-state index >= 15 is 0 Å². The number of nitrogens with two attached hydrogens (primary N) is 1. The van der Waals surface area contributed by atoms with Gasteiger partial charge in [0.2, 0.25) is 5.91 Å². The van der Waals surface area contributed by atoms with Crippen LogP contribution < -0.4 is 10.6 Å². The van der Waals surface area contributed by atoms with Crippen molar-refractivity contribution < 1.29 is 4.79 Å². The number of carbonyl (C=O) groups is 1. The molecule has 2 N–H and O–H groups in total. The molecule has 5 heteroatoms. The minimum Gasteiger partial charge on any atom is -0.368 e. The fourth-order valence-electron chi connectivity index (χ4n) is 1.96. The van der Waals surface area contributed by atoms with E-state index in [1.54, 1.807) is 12.3 Å². The van der Waals surface area contributed by atoms with Gasteiger partial charge >= 0.3 is 0 Å². The minimum absolute atomic E-state index is 0.214. The van der Waals surface area contributed by atoms with E-state index in [2.05, 4.69) is 9.97 Å². The predicted molar refractivity (Wildman–Crippen MR) is 56.2 cm³/mol. The zero-order valence-corrected chi connectivity index (χ0v) is 8.47. The van der Waals surface area contributed by atoms with Crippen LogP contribution >= 0.6 is 0 Å². The van der Waals surface area contributed by atoms with Crippen LogP contribution in [0, 0.1) is 0 Å². The number of amides is 1. The van der Waals surface area contributed by atoms with Crippen LogP contribution in [0.25, 0.3) is 0 Å². The number of rotatable bonds is 2. The number of nitrogens with zero attached hydrogens (tertiary/aromatic N) is 3. The van der Waals surface area contributed by atoms with E-state index in [1.165, 1.54) is 6.33 Å². The molecule has 0 saturated carbocycles. The molecule has 0 aromatic carbocycles. The standard InChI is InChI=1S/C10H14N4O/c11-10(15)8-3-1-2-6-14(8)9-4-5-12-7-13-9/h4-5,7-8H,1-3,6H2,(H2,11,15). The van der Waals surface area contributed by atoms with Crippen molar-refractivity contribution in [2.75, 3.05) is 11.4 Å². The lowest BCUT2D eigenvalue weighted by atomic mass is 10.0. The largest absolute Gasteiger partial charge is 0.368 e. The van der Waals surface area contributed by atoms with Gasteiger partial charge in [0.25, 0.3) is 0 Å². The molecule has 2 heterocycles. The fraction of sp³-hybridized carbons (Fsp3) is 0.500. The summed E-state index contributed by atoms with van der Waals surface area (Å²) < 4.78 is 0. The van der Waals surface area contributed by atoms with Crippen LogP contribution in [0.1, 0.15) is 19.3 Å². The molecule has 1 amide bonds. The molecule has 1 atom stereocenters. The molecule has 1 aromatic heterocycles. The van der Waals surface area contributed by atoms with E-state index in [0.29, 0.717) is 0 Å². The summed E-state index contributed by atoms with van der Waals surface area (Å²) in [5.74, 6) is 0.516. The Labute approximate surface area is 88.3 Å². The summed E-state index contributed by atoms with van der Waals surface area (Å²) in [4.78, 5) is 21.2. The highest BCUT2D eigenvalue weighted by Gasteiger charge is 2.27. The number of anilines is 1. The molecule has 1 saturated heterocycles. The molecular formula is C10H14N4O. The third kappa shape index (κ3) is 2.06. The Bertz CT molecular complexity index is 341. The number of piperidine rings is 1. The van der Waals surface area contributed by atoms with Gasteiger partial charge in [-0.05, 0) is 25.3 Å². The minimum atomic E-state index is -0.270. The highest BCUT2D eigenvalue weighted by Crippen LogP contribution is 2.21. The van der Waals surface area contributed by atoms with Crippen LogP contribution in [0.3, 0.4) is 0 Å². The van der Waals surface area contributed by atoms with Gasteiger partial charge < -0.3 is 10.6 Å². The third-order valence-electron chi connectivity index (χ3n) is 2.69. The molecule has 2 rings (SSSR count). The van der Waals surface area contributed by atoms with Gasteiger partial charge in [-0.15, -0.1) is 0 Å². The molecular weight excluding hydrogens is 192 g/mol. The van der Waals surface area contributed by atoms with E-state index in [1.807, 2.05) is 4.90 Å². The highest BCUT2D eigenvalue weighted by molar-refractivity contribution is 5.83. The maximum atomic E-state index is 11.3. The molecule has 0 aliphatic carbocycles. The first-order chi connectivity index (χ1) is 7.29. The normalized spacial score (nSPS) is 21.3. The van der Waals surface area contributed by atoms with E-state index in [4.69, 9.17) is 5.73 Å². The Morgan fingerprint density at radius 2 is 2.40 bits per heavy atom. The first kappa shape index (κ1) is 9.89. The van der Waals surface area contributed by atoms with Crippen molar-refractivity contribution in [2.24, 2.45) is 5.73 Å². The molecule has 1 aromatic rings. The van der Waals surface area contributed by atoms with Gasteiger partial charge in [0.15, 0.2) is 0 Å². The summed E-state index contributed by atoms with van der Waals surface area (Å²) in [6, 6.07) is 1.59. The summed E-state index contributed by atoms with van der Waals surface area (Å²) in [6.45, 7) is 0.838. The molecule has 1 fully saturated rings. The zero-order chi connectivity index (χ0) is 10.7. The van der Waals surface area contributed by atoms with Crippen molar-refractivity contribution in [1.29, 1.82) is 0 Å². The van der Waals surface area contributed by atoms with Crippen molar-refractivity contribution in [2.45, 2.75) is 25.3 Å². The van der Waals surface area contributed by atoms with Gasteiger partial charge in [-0.2, -0.15) is 0 Å². The van der Waals surface area contributed by atoms with E-state index < -0.39 is 0 Å². The SMILES string of the molecule is NC(=O)C1CCCCN1c1ccncn1. The summed E-state index contributed by atoms with van der Waals surface area (Å²) >= 11 is 0. The van der Waals surface area contributed by atoms with E-state index in [-0.39, 0.29) is 11.9 Å². The molecule has 1 aliphatic rings. The van der Waals surface area contributed by atoms with Gasteiger partial charge in [-0.3, -0.25) is 4.79 Å². The fourth-order valence-corrected chi connectivity index (χ4v) is 1.96. The molecule has 1 unspecified atom stereocenters. The molecule has 0 radical (unpaired) electrons. The highest BCUT2D eigenvalue weighted by atomic mass is 16.1. The maximum absolute atomic E-state index is 11.3. The van der Waals surface area contributed by atoms with Crippen LogP contribution in [0.15, 0.2) is 18.6 Å². The van der Waals surface area contributed by atoms with Crippen molar-refractivity contribution in [1.82, 2.24) is 9.97 Å². The second-order valence-electron chi connectivity index (χ2n) is 3.67. The molecule has 80 valence electrons. The summed E-state index contributed by atoms with van der Waals surface area (Å²) in [5.41, 5.74) is 5.37. The molecule has 5 nitrogen and oxygen atoms in total. The van der Waals surface area contributed by atoms with Gasteiger partial charge in [-0.25, -0.2) is 9.97 Å². The van der Waals surface area contributed by atoms with Gasteiger partial charge in [-0.1, -0.05) is 0 Å².